The Morgan fingerprint density at radius 1 is 1.09 bits per heavy atom. The van der Waals surface area contributed by atoms with Gasteiger partial charge in [0, 0.05) is 16.3 Å². The van der Waals surface area contributed by atoms with Crippen LogP contribution in [0.15, 0.2) is 48.5 Å². The maximum atomic E-state index is 12.9. The molecule has 4 heteroatoms. The van der Waals surface area contributed by atoms with Crippen LogP contribution in [0.4, 0.5) is 5.69 Å². The number of ketones is 1. The lowest BCUT2D eigenvalue weighted by atomic mass is 9.64. The van der Waals surface area contributed by atoms with Crippen LogP contribution in [0.5, 0.6) is 0 Å². The van der Waals surface area contributed by atoms with Crippen LogP contribution >= 0.6 is 11.6 Å². The van der Waals surface area contributed by atoms with Crippen LogP contribution in [0.25, 0.3) is 0 Å². The first kappa shape index (κ1) is 15.8. The fourth-order valence-corrected chi connectivity index (χ4v) is 3.22. The van der Waals surface area contributed by atoms with Crippen molar-refractivity contribution in [3.63, 3.8) is 0 Å². The van der Waals surface area contributed by atoms with Crippen molar-refractivity contribution in [2.75, 3.05) is 5.32 Å². The monoisotopic (exact) mass is 327 g/mol. The van der Waals surface area contributed by atoms with Gasteiger partial charge < -0.3 is 5.32 Å². The van der Waals surface area contributed by atoms with Gasteiger partial charge in [-0.15, -0.1) is 0 Å². The second-order valence-corrected chi connectivity index (χ2v) is 6.47. The third-order valence-electron chi connectivity index (χ3n) is 4.55. The van der Waals surface area contributed by atoms with Crippen LogP contribution in [0, 0.1) is 0 Å². The number of Topliss-reactive ketones (excluding diaryl/α,β-unsaturated/α-hetero) is 1. The molecule has 0 heterocycles. The van der Waals surface area contributed by atoms with Crippen molar-refractivity contribution >= 4 is 29.0 Å². The lowest BCUT2D eigenvalue weighted by molar-refractivity contribution is -0.124. The van der Waals surface area contributed by atoms with E-state index in [1.165, 1.54) is 6.92 Å². The van der Waals surface area contributed by atoms with Crippen LogP contribution < -0.4 is 5.32 Å². The summed E-state index contributed by atoms with van der Waals surface area (Å²) in [5.74, 6) is -0.0546. The maximum absolute atomic E-state index is 12.9. The molecule has 0 aromatic heterocycles. The zero-order valence-electron chi connectivity index (χ0n) is 12.9. The molecule has 0 spiro atoms. The van der Waals surface area contributed by atoms with Crippen molar-refractivity contribution < 1.29 is 9.59 Å². The topological polar surface area (TPSA) is 46.2 Å². The number of hydrogen-bond acceptors (Lipinski definition) is 2. The highest BCUT2D eigenvalue weighted by Crippen LogP contribution is 2.45. The van der Waals surface area contributed by atoms with Gasteiger partial charge in [0.25, 0.3) is 0 Å². The van der Waals surface area contributed by atoms with Crippen LogP contribution in [0.3, 0.4) is 0 Å². The van der Waals surface area contributed by atoms with Gasteiger partial charge in [-0.05, 0) is 49.6 Å². The quantitative estimate of drug-likeness (QED) is 0.834. The number of nitrogens with one attached hydrogen (secondary N) is 1. The van der Waals surface area contributed by atoms with E-state index >= 15 is 0 Å². The zero-order valence-corrected chi connectivity index (χ0v) is 13.7. The Labute approximate surface area is 140 Å². The van der Waals surface area contributed by atoms with Gasteiger partial charge in [0.05, 0.1) is 5.41 Å². The summed E-state index contributed by atoms with van der Waals surface area (Å²) in [6.07, 6.45) is 2.64. The lowest BCUT2D eigenvalue weighted by Crippen LogP contribution is -2.46. The molecule has 1 saturated carbocycles. The van der Waals surface area contributed by atoms with Gasteiger partial charge in [-0.3, -0.25) is 9.59 Å². The minimum absolute atomic E-state index is 0.0192. The maximum Gasteiger partial charge on any atom is 0.235 e. The van der Waals surface area contributed by atoms with E-state index in [4.69, 9.17) is 11.6 Å². The minimum Gasteiger partial charge on any atom is -0.325 e. The highest BCUT2D eigenvalue weighted by atomic mass is 35.5. The first-order chi connectivity index (χ1) is 11.0. The molecule has 0 saturated heterocycles. The number of hydrogen-bond donors (Lipinski definition) is 1. The molecule has 0 unspecified atom stereocenters. The summed E-state index contributed by atoms with van der Waals surface area (Å²) in [4.78, 5) is 24.3. The van der Waals surface area contributed by atoms with E-state index in [9.17, 15) is 9.59 Å². The molecular weight excluding hydrogens is 310 g/mol. The second-order valence-electron chi connectivity index (χ2n) is 6.04. The standard InChI is InChI=1S/C19H18ClNO2/c1-13(22)14-5-2-8-17(11-14)21-18(23)19(9-4-10-19)15-6-3-7-16(20)12-15/h2-3,5-8,11-12H,4,9-10H2,1H3,(H,21,23). The van der Waals surface area contributed by atoms with Crippen molar-refractivity contribution in [2.24, 2.45) is 0 Å². The van der Waals surface area contributed by atoms with Gasteiger partial charge in [-0.2, -0.15) is 0 Å². The largest absolute Gasteiger partial charge is 0.325 e. The predicted octanol–water partition coefficient (Wildman–Crippen LogP) is 4.60. The molecule has 118 valence electrons. The van der Waals surface area contributed by atoms with Gasteiger partial charge in [0.1, 0.15) is 0 Å². The van der Waals surface area contributed by atoms with E-state index in [-0.39, 0.29) is 11.7 Å². The molecule has 1 N–H and O–H groups in total. The summed E-state index contributed by atoms with van der Waals surface area (Å²) >= 11 is 6.08. The highest BCUT2D eigenvalue weighted by molar-refractivity contribution is 6.30. The van der Waals surface area contributed by atoms with Gasteiger partial charge in [-0.25, -0.2) is 0 Å². The Kier molecular flexibility index (Phi) is 4.22. The molecule has 2 aromatic rings. The molecule has 0 bridgehead atoms. The Bertz CT molecular complexity index is 765. The normalized spacial score (nSPS) is 15.6. The lowest BCUT2D eigenvalue weighted by Gasteiger charge is -2.40. The van der Waals surface area contributed by atoms with E-state index in [0.29, 0.717) is 16.3 Å². The number of halogens is 1. The molecular formula is C19H18ClNO2. The Balaban J connectivity index is 1.86. The molecule has 3 nitrogen and oxygen atoms in total. The number of benzene rings is 2. The number of carbonyl (C=O) groups excluding carboxylic acids is 2. The number of carbonyl (C=O) groups is 2. The summed E-state index contributed by atoms with van der Waals surface area (Å²) in [6, 6.07) is 14.5. The zero-order chi connectivity index (χ0) is 16.4. The molecule has 1 amide bonds. The minimum atomic E-state index is -0.517. The van der Waals surface area contributed by atoms with Crippen molar-refractivity contribution in [3.05, 3.63) is 64.7 Å². The molecule has 0 atom stereocenters. The predicted molar refractivity (Wildman–Crippen MR) is 92.1 cm³/mol. The fraction of sp³-hybridized carbons (Fsp3) is 0.263. The summed E-state index contributed by atoms with van der Waals surface area (Å²) in [5, 5.41) is 3.60. The molecule has 23 heavy (non-hydrogen) atoms. The first-order valence-corrected chi connectivity index (χ1v) is 8.08. The van der Waals surface area contributed by atoms with E-state index in [0.717, 1.165) is 24.8 Å². The van der Waals surface area contributed by atoms with Gasteiger partial charge in [-0.1, -0.05) is 42.3 Å². The average Bonchev–Trinajstić information content (AvgIpc) is 2.46. The van der Waals surface area contributed by atoms with Crippen molar-refractivity contribution in [2.45, 2.75) is 31.6 Å². The third-order valence-corrected chi connectivity index (χ3v) is 4.78. The van der Waals surface area contributed by atoms with Crippen molar-refractivity contribution in [1.82, 2.24) is 0 Å². The summed E-state index contributed by atoms with van der Waals surface area (Å²) in [7, 11) is 0. The van der Waals surface area contributed by atoms with E-state index < -0.39 is 5.41 Å². The van der Waals surface area contributed by atoms with Crippen LogP contribution in [0.1, 0.15) is 42.1 Å². The van der Waals surface area contributed by atoms with E-state index in [1.807, 2.05) is 24.3 Å². The molecule has 0 radical (unpaired) electrons. The van der Waals surface area contributed by atoms with Crippen LogP contribution in [-0.4, -0.2) is 11.7 Å². The van der Waals surface area contributed by atoms with E-state index in [2.05, 4.69) is 5.32 Å². The van der Waals surface area contributed by atoms with Crippen LogP contribution in [-0.2, 0) is 10.2 Å². The van der Waals surface area contributed by atoms with Crippen LogP contribution in [0.2, 0.25) is 5.02 Å². The Hall–Kier alpha value is -2.13. The van der Waals surface area contributed by atoms with Crippen molar-refractivity contribution in [1.29, 1.82) is 0 Å². The average molecular weight is 328 g/mol. The first-order valence-electron chi connectivity index (χ1n) is 7.70. The van der Waals surface area contributed by atoms with Gasteiger partial charge in [0.15, 0.2) is 5.78 Å². The molecule has 0 aliphatic heterocycles. The molecule has 3 rings (SSSR count). The molecule has 2 aromatic carbocycles. The Morgan fingerprint density at radius 2 is 1.83 bits per heavy atom. The summed E-state index contributed by atoms with van der Waals surface area (Å²) in [5.41, 5.74) is 1.68. The smallest absolute Gasteiger partial charge is 0.235 e. The molecule has 1 aliphatic rings. The van der Waals surface area contributed by atoms with Crippen molar-refractivity contribution in [3.8, 4) is 0 Å². The molecule has 1 aliphatic carbocycles. The summed E-state index contributed by atoms with van der Waals surface area (Å²) in [6.45, 7) is 1.51. The Morgan fingerprint density at radius 3 is 2.43 bits per heavy atom. The van der Waals surface area contributed by atoms with Gasteiger partial charge in [0.2, 0.25) is 5.91 Å². The SMILES string of the molecule is CC(=O)c1cccc(NC(=O)C2(c3cccc(Cl)c3)CCC2)c1. The second kappa shape index (κ2) is 6.17. The van der Waals surface area contributed by atoms with E-state index in [1.54, 1.807) is 24.3 Å². The molecule has 1 fully saturated rings. The summed E-state index contributed by atoms with van der Waals surface area (Å²) < 4.78 is 0. The third kappa shape index (κ3) is 3.02. The highest BCUT2D eigenvalue weighted by Gasteiger charge is 2.45. The van der Waals surface area contributed by atoms with Gasteiger partial charge >= 0.3 is 0 Å². The number of amides is 1. The fourth-order valence-electron chi connectivity index (χ4n) is 3.03. The number of rotatable bonds is 4. The number of anilines is 1.